The molecule has 0 fully saturated rings. The first-order valence-electron chi connectivity index (χ1n) is 7.24. The van der Waals surface area contributed by atoms with Crippen LogP contribution in [0.1, 0.15) is 16.7 Å². The molecule has 0 bridgehead atoms. The SMILES string of the molecule is C1=CC=CNC=C1.N#Cc1ccc2c(c1)-c1ccccc1C2. The molecule has 1 heterocycles. The van der Waals surface area contributed by atoms with Crippen LogP contribution >= 0.6 is 0 Å². The van der Waals surface area contributed by atoms with Crippen molar-refractivity contribution in [3.63, 3.8) is 0 Å². The van der Waals surface area contributed by atoms with Gasteiger partial charge in [-0.3, -0.25) is 0 Å². The van der Waals surface area contributed by atoms with Crippen molar-refractivity contribution >= 4 is 0 Å². The molecule has 0 saturated heterocycles. The summed E-state index contributed by atoms with van der Waals surface area (Å²) in [5.41, 5.74) is 5.94. The van der Waals surface area contributed by atoms with Crippen molar-refractivity contribution in [2.45, 2.75) is 6.42 Å². The van der Waals surface area contributed by atoms with Gasteiger partial charge in [0, 0.05) is 12.4 Å². The Morgan fingerprint density at radius 1 is 0.818 bits per heavy atom. The van der Waals surface area contributed by atoms with E-state index >= 15 is 0 Å². The minimum Gasteiger partial charge on any atom is -0.368 e. The third-order valence-electron chi connectivity index (χ3n) is 3.65. The zero-order valence-corrected chi connectivity index (χ0v) is 12.2. The molecule has 22 heavy (non-hydrogen) atoms. The maximum atomic E-state index is 8.87. The van der Waals surface area contributed by atoms with Crippen molar-refractivity contribution in [1.82, 2.24) is 5.32 Å². The quantitative estimate of drug-likeness (QED) is 0.668. The second kappa shape index (κ2) is 6.60. The predicted molar refractivity (Wildman–Crippen MR) is 90.0 cm³/mol. The van der Waals surface area contributed by atoms with Gasteiger partial charge in [-0.15, -0.1) is 0 Å². The second-order valence-electron chi connectivity index (χ2n) is 5.09. The lowest BCUT2D eigenvalue weighted by molar-refractivity contribution is 1.20. The van der Waals surface area contributed by atoms with Crippen LogP contribution in [-0.4, -0.2) is 0 Å². The van der Waals surface area contributed by atoms with Gasteiger partial charge in [0.1, 0.15) is 0 Å². The van der Waals surface area contributed by atoms with Crippen LogP contribution in [0.25, 0.3) is 11.1 Å². The van der Waals surface area contributed by atoms with E-state index < -0.39 is 0 Å². The van der Waals surface area contributed by atoms with E-state index in [0.29, 0.717) is 0 Å². The molecule has 2 aromatic carbocycles. The number of hydrogen-bond acceptors (Lipinski definition) is 2. The van der Waals surface area contributed by atoms with E-state index in [1.807, 2.05) is 54.9 Å². The summed E-state index contributed by atoms with van der Waals surface area (Å²) >= 11 is 0. The molecule has 0 amide bonds. The monoisotopic (exact) mass is 284 g/mol. The molecule has 2 aromatic rings. The summed E-state index contributed by atoms with van der Waals surface area (Å²) in [6.45, 7) is 0. The zero-order valence-electron chi connectivity index (χ0n) is 12.2. The molecule has 106 valence electrons. The van der Waals surface area contributed by atoms with Crippen LogP contribution in [0.3, 0.4) is 0 Å². The van der Waals surface area contributed by atoms with Crippen molar-refractivity contribution in [3.05, 3.63) is 95.9 Å². The van der Waals surface area contributed by atoms with Gasteiger partial charge in [0.2, 0.25) is 0 Å². The minimum absolute atomic E-state index is 0.741. The molecule has 4 rings (SSSR count). The first kappa shape index (κ1) is 13.9. The van der Waals surface area contributed by atoms with E-state index in [1.54, 1.807) is 0 Å². The van der Waals surface area contributed by atoms with E-state index in [-0.39, 0.29) is 0 Å². The van der Waals surface area contributed by atoms with Gasteiger partial charge in [0.05, 0.1) is 11.6 Å². The van der Waals surface area contributed by atoms with Crippen molar-refractivity contribution in [3.8, 4) is 17.2 Å². The van der Waals surface area contributed by atoms with Gasteiger partial charge in [-0.1, -0.05) is 42.5 Å². The average molecular weight is 284 g/mol. The van der Waals surface area contributed by atoms with Crippen molar-refractivity contribution < 1.29 is 0 Å². The predicted octanol–water partition coefficient (Wildman–Crippen LogP) is 4.30. The van der Waals surface area contributed by atoms with Crippen molar-refractivity contribution in [2.24, 2.45) is 0 Å². The first-order chi connectivity index (χ1) is 10.9. The molecule has 2 nitrogen and oxygen atoms in total. The third kappa shape index (κ3) is 2.99. The number of fused-ring (bicyclic) bond motifs is 3. The third-order valence-corrected chi connectivity index (χ3v) is 3.65. The summed E-state index contributed by atoms with van der Waals surface area (Å²) in [5.74, 6) is 0. The number of rotatable bonds is 0. The normalized spacial score (nSPS) is 13.0. The number of hydrogen-bond donors (Lipinski definition) is 1. The maximum absolute atomic E-state index is 8.87. The second-order valence-corrected chi connectivity index (χ2v) is 5.09. The number of nitriles is 1. The highest BCUT2D eigenvalue weighted by Crippen LogP contribution is 2.36. The molecule has 1 N–H and O–H groups in total. The summed E-state index contributed by atoms with van der Waals surface area (Å²) in [6.07, 6.45) is 12.6. The highest BCUT2D eigenvalue weighted by molar-refractivity contribution is 5.77. The Labute approximate surface area is 130 Å². The molecule has 0 atom stereocenters. The molecule has 0 radical (unpaired) electrons. The van der Waals surface area contributed by atoms with Crippen LogP contribution in [0, 0.1) is 11.3 Å². The lowest BCUT2D eigenvalue weighted by Crippen LogP contribution is -1.87. The highest BCUT2D eigenvalue weighted by atomic mass is 14.8. The summed E-state index contributed by atoms with van der Waals surface area (Å²) in [4.78, 5) is 0. The van der Waals surface area contributed by atoms with Crippen LogP contribution in [0.15, 0.2) is 79.2 Å². The standard InChI is InChI=1S/C14H9N.C6H7N/c15-9-10-5-6-12-8-11-3-1-2-4-13(11)14(12)7-10;1-2-4-6-7-5-3-1/h1-7H,8H2;1-7H. The fourth-order valence-corrected chi connectivity index (χ4v) is 2.60. The zero-order chi connectivity index (χ0) is 15.2. The summed E-state index contributed by atoms with van der Waals surface area (Å²) in [7, 11) is 0. The lowest BCUT2D eigenvalue weighted by atomic mass is 10.0. The topological polar surface area (TPSA) is 35.8 Å². The largest absolute Gasteiger partial charge is 0.368 e. The van der Waals surface area contributed by atoms with Crippen LogP contribution < -0.4 is 5.32 Å². The van der Waals surface area contributed by atoms with Gasteiger partial charge in [-0.2, -0.15) is 5.26 Å². The Morgan fingerprint density at radius 2 is 1.55 bits per heavy atom. The molecule has 1 aliphatic carbocycles. The summed E-state index contributed by atoms with van der Waals surface area (Å²) in [6, 6.07) is 16.5. The van der Waals surface area contributed by atoms with Crippen LogP contribution in [0.2, 0.25) is 0 Å². The Bertz CT molecular complexity index is 791. The van der Waals surface area contributed by atoms with Gasteiger partial charge < -0.3 is 5.32 Å². The lowest BCUT2D eigenvalue weighted by Gasteiger charge is -2.00. The van der Waals surface area contributed by atoms with E-state index in [4.69, 9.17) is 5.26 Å². The molecule has 0 spiro atoms. The van der Waals surface area contributed by atoms with E-state index in [0.717, 1.165) is 12.0 Å². The number of allylic oxidation sites excluding steroid dienone is 4. The molecule has 2 heteroatoms. The number of benzene rings is 2. The molecular weight excluding hydrogens is 268 g/mol. The maximum Gasteiger partial charge on any atom is 0.0991 e. The Kier molecular flexibility index (Phi) is 4.17. The van der Waals surface area contributed by atoms with Crippen molar-refractivity contribution in [1.29, 1.82) is 5.26 Å². The van der Waals surface area contributed by atoms with Gasteiger partial charge in [-0.25, -0.2) is 0 Å². The highest BCUT2D eigenvalue weighted by Gasteiger charge is 2.17. The molecule has 2 aliphatic rings. The van der Waals surface area contributed by atoms with Gasteiger partial charge >= 0.3 is 0 Å². The molecule has 0 unspecified atom stereocenters. The minimum atomic E-state index is 0.741. The van der Waals surface area contributed by atoms with Gasteiger partial charge in [0.25, 0.3) is 0 Å². The summed E-state index contributed by atoms with van der Waals surface area (Å²) < 4.78 is 0. The van der Waals surface area contributed by atoms with Crippen LogP contribution in [-0.2, 0) is 6.42 Å². The molecule has 0 saturated carbocycles. The molecule has 0 aromatic heterocycles. The Morgan fingerprint density at radius 3 is 2.32 bits per heavy atom. The number of nitrogens with zero attached hydrogens (tertiary/aromatic N) is 1. The summed E-state index contributed by atoms with van der Waals surface area (Å²) in [5, 5.41) is 11.8. The van der Waals surface area contributed by atoms with Gasteiger partial charge in [0.15, 0.2) is 0 Å². The van der Waals surface area contributed by atoms with Crippen molar-refractivity contribution in [2.75, 3.05) is 0 Å². The van der Waals surface area contributed by atoms with Crippen LogP contribution in [0.5, 0.6) is 0 Å². The first-order valence-corrected chi connectivity index (χ1v) is 7.24. The van der Waals surface area contributed by atoms with E-state index in [1.165, 1.54) is 22.3 Å². The van der Waals surface area contributed by atoms with Gasteiger partial charge in [-0.05, 0) is 53.0 Å². The van der Waals surface area contributed by atoms with Crippen LogP contribution in [0.4, 0.5) is 0 Å². The average Bonchev–Trinajstić information content (AvgIpc) is 2.75. The Balaban J connectivity index is 0.000000174. The molecule has 1 aliphatic heterocycles. The van der Waals surface area contributed by atoms with E-state index in [2.05, 4.69) is 35.7 Å². The fraction of sp³-hybridized carbons (Fsp3) is 0.0500. The van der Waals surface area contributed by atoms with E-state index in [9.17, 15) is 0 Å². The fourth-order valence-electron chi connectivity index (χ4n) is 2.60. The number of nitrogens with one attached hydrogen (secondary N) is 1. The molecular formula is C20H16N2. The smallest absolute Gasteiger partial charge is 0.0991 e. The Hall–Kier alpha value is -3.05.